The number of benzene rings is 1. The normalized spacial score (nSPS) is 9.25. The van der Waals surface area contributed by atoms with Crippen molar-refractivity contribution in [2.75, 3.05) is 0 Å². The van der Waals surface area contributed by atoms with E-state index in [9.17, 15) is 18.0 Å². The van der Waals surface area contributed by atoms with Crippen molar-refractivity contribution in [2.24, 2.45) is 4.99 Å². The van der Waals surface area contributed by atoms with E-state index in [1.165, 1.54) is 0 Å². The van der Waals surface area contributed by atoms with Crippen LogP contribution in [0.4, 0.5) is 18.9 Å². The van der Waals surface area contributed by atoms with Crippen molar-refractivity contribution >= 4 is 11.8 Å². The summed E-state index contributed by atoms with van der Waals surface area (Å²) in [4.78, 5) is 12.6. The van der Waals surface area contributed by atoms with Crippen LogP contribution in [0.15, 0.2) is 17.1 Å². The van der Waals surface area contributed by atoms with Crippen LogP contribution in [-0.4, -0.2) is 6.08 Å². The van der Waals surface area contributed by atoms with Gasteiger partial charge in [0.25, 0.3) is 0 Å². The fourth-order valence-electron chi connectivity index (χ4n) is 0.659. The first-order valence-corrected chi connectivity index (χ1v) is 2.87. The van der Waals surface area contributed by atoms with Crippen LogP contribution in [-0.2, 0) is 4.79 Å². The Kier molecular flexibility index (Phi) is 2.26. The lowest BCUT2D eigenvalue weighted by molar-refractivity contribution is 0.447. The molecule has 1 rings (SSSR count). The molecule has 0 fully saturated rings. The van der Waals surface area contributed by atoms with Gasteiger partial charge in [0, 0.05) is 12.1 Å². The molecule has 0 N–H and O–H groups in total. The summed E-state index contributed by atoms with van der Waals surface area (Å²) in [6, 6.07) is 1.20. The molecule has 0 heterocycles. The number of hydrogen-bond donors (Lipinski definition) is 0. The summed E-state index contributed by atoms with van der Waals surface area (Å²) in [6.07, 6.45) is 1.08. The van der Waals surface area contributed by atoms with E-state index in [0.717, 1.165) is 6.08 Å². The van der Waals surface area contributed by atoms with Gasteiger partial charge < -0.3 is 0 Å². The van der Waals surface area contributed by atoms with Gasteiger partial charge in [-0.05, 0) is 0 Å². The number of carbonyl (C=O) groups excluding carboxylic acids is 1. The van der Waals surface area contributed by atoms with Gasteiger partial charge in [0.05, 0.1) is 5.69 Å². The number of rotatable bonds is 1. The molecular formula is C7H2F3NO. The molecular weight excluding hydrogens is 171 g/mol. The predicted molar refractivity (Wildman–Crippen MR) is 34.1 cm³/mol. The van der Waals surface area contributed by atoms with Crippen molar-refractivity contribution < 1.29 is 18.0 Å². The topological polar surface area (TPSA) is 29.4 Å². The average molecular weight is 173 g/mol. The number of isocyanates is 1. The van der Waals surface area contributed by atoms with Crippen LogP contribution in [0.3, 0.4) is 0 Å². The Morgan fingerprint density at radius 3 is 2.08 bits per heavy atom. The zero-order valence-electron chi connectivity index (χ0n) is 5.64. The van der Waals surface area contributed by atoms with Crippen LogP contribution in [0, 0.1) is 17.5 Å². The minimum atomic E-state index is -1.58. The first-order valence-electron chi connectivity index (χ1n) is 2.87. The monoisotopic (exact) mass is 173 g/mol. The molecule has 0 radical (unpaired) electrons. The largest absolute Gasteiger partial charge is 0.240 e. The van der Waals surface area contributed by atoms with Crippen molar-refractivity contribution in [3.63, 3.8) is 0 Å². The first-order chi connectivity index (χ1) is 5.65. The van der Waals surface area contributed by atoms with Gasteiger partial charge >= 0.3 is 0 Å². The van der Waals surface area contributed by atoms with Gasteiger partial charge in [-0.25, -0.2) is 18.0 Å². The SMILES string of the molecule is O=C=Nc1cc(F)c(F)c(F)c1. The highest BCUT2D eigenvalue weighted by Gasteiger charge is 2.09. The molecule has 0 aliphatic carbocycles. The minimum absolute atomic E-state index is 0.304. The Labute approximate surface area is 65.3 Å². The summed E-state index contributed by atoms with van der Waals surface area (Å²) in [5.41, 5.74) is -0.304. The third kappa shape index (κ3) is 1.52. The van der Waals surface area contributed by atoms with E-state index in [0.29, 0.717) is 12.1 Å². The molecule has 0 unspecified atom stereocenters. The van der Waals surface area contributed by atoms with Gasteiger partial charge in [0.15, 0.2) is 17.5 Å². The standard InChI is InChI=1S/C7H2F3NO/c8-5-1-4(11-3-12)2-6(9)7(5)10/h1-2H. The molecule has 0 aliphatic rings. The number of halogens is 3. The molecule has 0 saturated carbocycles. The maximum absolute atomic E-state index is 12.4. The lowest BCUT2D eigenvalue weighted by Gasteiger charge is -1.94. The molecule has 5 heteroatoms. The highest BCUT2D eigenvalue weighted by atomic mass is 19.2. The number of hydrogen-bond acceptors (Lipinski definition) is 2. The number of aliphatic imine (C=N–C) groups is 1. The molecule has 0 aromatic heterocycles. The van der Waals surface area contributed by atoms with Crippen LogP contribution in [0.25, 0.3) is 0 Å². The molecule has 0 atom stereocenters. The van der Waals surface area contributed by atoms with Gasteiger partial charge in [-0.15, -0.1) is 0 Å². The molecule has 0 spiro atoms. The summed E-state index contributed by atoms with van der Waals surface area (Å²) in [7, 11) is 0. The molecule has 0 saturated heterocycles. The smallest absolute Gasteiger partial charge is 0.211 e. The second-order valence-electron chi connectivity index (χ2n) is 1.93. The summed E-state index contributed by atoms with van der Waals surface area (Å²) >= 11 is 0. The lowest BCUT2D eigenvalue weighted by Crippen LogP contribution is -1.88. The minimum Gasteiger partial charge on any atom is -0.211 e. The van der Waals surface area contributed by atoms with Crippen molar-refractivity contribution in [2.45, 2.75) is 0 Å². The fraction of sp³-hybridized carbons (Fsp3) is 0. The molecule has 12 heavy (non-hydrogen) atoms. The highest BCUT2D eigenvalue weighted by Crippen LogP contribution is 2.18. The maximum Gasteiger partial charge on any atom is 0.240 e. The molecule has 1 aromatic rings. The Morgan fingerprint density at radius 2 is 1.67 bits per heavy atom. The Bertz CT molecular complexity index is 335. The molecule has 0 amide bonds. The Morgan fingerprint density at radius 1 is 1.17 bits per heavy atom. The van der Waals surface area contributed by atoms with Gasteiger partial charge in [-0.2, -0.15) is 4.99 Å². The van der Waals surface area contributed by atoms with E-state index in [1.54, 1.807) is 0 Å². The molecule has 1 aromatic carbocycles. The zero-order chi connectivity index (χ0) is 9.14. The van der Waals surface area contributed by atoms with Crippen molar-refractivity contribution in [3.8, 4) is 0 Å². The van der Waals surface area contributed by atoms with Crippen molar-refractivity contribution in [1.82, 2.24) is 0 Å². The van der Waals surface area contributed by atoms with E-state index in [1.807, 2.05) is 0 Å². The molecule has 0 bridgehead atoms. The van der Waals surface area contributed by atoms with Crippen LogP contribution in [0.1, 0.15) is 0 Å². The quantitative estimate of drug-likeness (QED) is 0.363. The summed E-state index contributed by atoms with van der Waals surface area (Å²) in [6.45, 7) is 0. The summed E-state index contributed by atoms with van der Waals surface area (Å²) < 4.78 is 37.0. The predicted octanol–water partition coefficient (Wildman–Crippen LogP) is 2.07. The van der Waals surface area contributed by atoms with E-state index >= 15 is 0 Å². The number of nitrogens with zero attached hydrogens (tertiary/aromatic N) is 1. The maximum atomic E-state index is 12.4. The van der Waals surface area contributed by atoms with Gasteiger partial charge in [-0.3, -0.25) is 0 Å². The average Bonchev–Trinajstić information content (AvgIpc) is 2.01. The van der Waals surface area contributed by atoms with E-state index < -0.39 is 17.5 Å². The van der Waals surface area contributed by atoms with Gasteiger partial charge in [0.1, 0.15) is 0 Å². The fourth-order valence-corrected chi connectivity index (χ4v) is 0.659. The highest BCUT2D eigenvalue weighted by molar-refractivity contribution is 5.48. The van der Waals surface area contributed by atoms with Crippen LogP contribution in [0.5, 0.6) is 0 Å². The second kappa shape index (κ2) is 3.19. The van der Waals surface area contributed by atoms with Crippen LogP contribution < -0.4 is 0 Å². The first kappa shape index (κ1) is 8.49. The summed E-state index contributed by atoms with van der Waals surface area (Å²) in [5, 5.41) is 0. The lowest BCUT2D eigenvalue weighted by atomic mass is 10.3. The van der Waals surface area contributed by atoms with Crippen LogP contribution in [0.2, 0.25) is 0 Å². The molecule has 2 nitrogen and oxygen atoms in total. The summed E-state index contributed by atoms with van der Waals surface area (Å²) in [5.74, 6) is -4.35. The Balaban J connectivity index is 3.30. The molecule has 62 valence electrons. The molecule has 0 aliphatic heterocycles. The second-order valence-corrected chi connectivity index (χ2v) is 1.93. The van der Waals surface area contributed by atoms with Crippen molar-refractivity contribution in [3.05, 3.63) is 29.6 Å². The van der Waals surface area contributed by atoms with E-state index in [4.69, 9.17) is 0 Å². The third-order valence-electron chi connectivity index (χ3n) is 1.14. The van der Waals surface area contributed by atoms with E-state index in [-0.39, 0.29) is 5.69 Å². The van der Waals surface area contributed by atoms with Crippen molar-refractivity contribution in [1.29, 1.82) is 0 Å². The van der Waals surface area contributed by atoms with Crippen LogP contribution >= 0.6 is 0 Å². The zero-order valence-corrected chi connectivity index (χ0v) is 5.64. The Hall–Kier alpha value is -1.61. The third-order valence-corrected chi connectivity index (χ3v) is 1.14. The van der Waals surface area contributed by atoms with E-state index in [2.05, 4.69) is 4.99 Å². The van der Waals surface area contributed by atoms with Gasteiger partial charge in [0.2, 0.25) is 6.08 Å². The van der Waals surface area contributed by atoms with Gasteiger partial charge in [-0.1, -0.05) is 0 Å².